The van der Waals surface area contributed by atoms with E-state index in [2.05, 4.69) is 0 Å². The van der Waals surface area contributed by atoms with Crippen LogP contribution in [0.3, 0.4) is 0 Å². The van der Waals surface area contributed by atoms with Crippen molar-refractivity contribution in [1.82, 2.24) is 0 Å². The number of rotatable bonds is 1. The first-order valence-corrected chi connectivity index (χ1v) is 5.75. The number of carboxylic acids is 1. The van der Waals surface area contributed by atoms with Gasteiger partial charge in [-0.15, -0.1) is 0 Å². The average molecular weight is 240 g/mol. The number of carboxylic acid groups (broad SMARTS) is 1. The highest BCUT2D eigenvalue weighted by molar-refractivity contribution is 5.91. The quantitative estimate of drug-likeness (QED) is 0.805. The molecule has 2 aromatic carbocycles. The van der Waals surface area contributed by atoms with E-state index in [1.807, 2.05) is 31.2 Å². The van der Waals surface area contributed by atoms with E-state index < -0.39 is 12.1 Å². The lowest BCUT2D eigenvalue weighted by atomic mass is 9.97. The molecule has 3 heteroatoms. The molecule has 90 valence electrons. The zero-order valence-electron chi connectivity index (χ0n) is 9.84. The number of aromatic carboxylic acids is 1. The Hall–Kier alpha value is -2.13. The van der Waals surface area contributed by atoms with Crippen LogP contribution in [0.15, 0.2) is 36.4 Å². The molecule has 2 aromatic rings. The Bertz CT molecular complexity index is 659. The number of fused-ring (bicyclic) bond motifs is 3. The van der Waals surface area contributed by atoms with Crippen molar-refractivity contribution in [3.8, 4) is 11.1 Å². The van der Waals surface area contributed by atoms with E-state index in [1.54, 1.807) is 12.1 Å². The van der Waals surface area contributed by atoms with Crippen LogP contribution in [0.2, 0.25) is 0 Å². The largest absolute Gasteiger partial charge is 0.478 e. The molecule has 0 amide bonds. The molecule has 1 aliphatic carbocycles. The Kier molecular flexibility index (Phi) is 2.25. The molecule has 1 unspecified atom stereocenters. The van der Waals surface area contributed by atoms with Crippen LogP contribution in [0.5, 0.6) is 0 Å². The standard InChI is InChI=1S/C15H12O3/c1-8-6-9(15(17)18)7-12-13(8)10-4-2-3-5-11(10)14(12)16/h2-7,14,16H,1H3,(H,17,18). The van der Waals surface area contributed by atoms with Gasteiger partial charge in [-0.3, -0.25) is 0 Å². The van der Waals surface area contributed by atoms with Gasteiger partial charge in [0.25, 0.3) is 0 Å². The monoisotopic (exact) mass is 240 g/mol. The fourth-order valence-corrected chi connectivity index (χ4v) is 2.65. The van der Waals surface area contributed by atoms with Gasteiger partial charge < -0.3 is 10.2 Å². The SMILES string of the molecule is Cc1cc(C(=O)O)cc2c1-c1ccccc1C2O. The Morgan fingerprint density at radius 3 is 2.61 bits per heavy atom. The highest BCUT2D eigenvalue weighted by Gasteiger charge is 2.29. The van der Waals surface area contributed by atoms with Gasteiger partial charge in [0.2, 0.25) is 0 Å². The molecular weight excluding hydrogens is 228 g/mol. The van der Waals surface area contributed by atoms with E-state index in [0.29, 0.717) is 5.56 Å². The molecule has 0 aromatic heterocycles. The molecule has 0 heterocycles. The van der Waals surface area contributed by atoms with Crippen LogP contribution < -0.4 is 0 Å². The highest BCUT2D eigenvalue weighted by atomic mass is 16.4. The van der Waals surface area contributed by atoms with Crippen LogP contribution in [0.1, 0.15) is 33.2 Å². The summed E-state index contributed by atoms with van der Waals surface area (Å²) in [4.78, 5) is 11.1. The fourth-order valence-electron chi connectivity index (χ4n) is 2.65. The van der Waals surface area contributed by atoms with Crippen LogP contribution in [-0.2, 0) is 0 Å². The molecule has 0 spiro atoms. The number of aryl methyl sites for hydroxylation is 1. The number of hydrogen-bond donors (Lipinski definition) is 2. The summed E-state index contributed by atoms with van der Waals surface area (Å²) >= 11 is 0. The second kappa shape index (κ2) is 3.68. The summed E-state index contributed by atoms with van der Waals surface area (Å²) in [6.07, 6.45) is -0.728. The van der Waals surface area contributed by atoms with Crippen LogP contribution in [-0.4, -0.2) is 16.2 Å². The number of carbonyl (C=O) groups is 1. The number of hydrogen-bond acceptors (Lipinski definition) is 2. The molecule has 0 saturated heterocycles. The van der Waals surface area contributed by atoms with Gasteiger partial charge in [-0.25, -0.2) is 4.79 Å². The smallest absolute Gasteiger partial charge is 0.335 e. The Morgan fingerprint density at radius 1 is 1.17 bits per heavy atom. The minimum absolute atomic E-state index is 0.220. The fraction of sp³-hybridized carbons (Fsp3) is 0.133. The van der Waals surface area contributed by atoms with Crippen LogP contribution >= 0.6 is 0 Å². The van der Waals surface area contributed by atoms with Gasteiger partial charge in [0.15, 0.2) is 0 Å². The molecule has 0 saturated carbocycles. The van der Waals surface area contributed by atoms with E-state index >= 15 is 0 Å². The van der Waals surface area contributed by atoms with Crippen molar-refractivity contribution in [2.75, 3.05) is 0 Å². The molecule has 2 N–H and O–H groups in total. The molecule has 1 atom stereocenters. The first-order valence-electron chi connectivity index (χ1n) is 5.75. The molecule has 3 nitrogen and oxygen atoms in total. The van der Waals surface area contributed by atoms with Gasteiger partial charge in [0.05, 0.1) is 5.56 Å². The molecule has 0 aliphatic heterocycles. The van der Waals surface area contributed by atoms with E-state index in [4.69, 9.17) is 5.11 Å². The molecule has 0 fully saturated rings. The van der Waals surface area contributed by atoms with Gasteiger partial charge in [0.1, 0.15) is 6.10 Å². The first-order chi connectivity index (χ1) is 8.59. The lowest BCUT2D eigenvalue weighted by molar-refractivity contribution is 0.0696. The minimum atomic E-state index is -0.968. The zero-order chi connectivity index (χ0) is 12.9. The molecule has 3 rings (SSSR count). The molecule has 18 heavy (non-hydrogen) atoms. The van der Waals surface area contributed by atoms with E-state index in [9.17, 15) is 9.90 Å². The van der Waals surface area contributed by atoms with Crippen molar-refractivity contribution in [3.63, 3.8) is 0 Å². The van der Waals surface area contributed by atoms with Crippen LogP contribution in [0.4, 0.5) is 0 Å². The predicted molar refractivity (Wildman–Crippen MR) is 67.6 cm³/mol. The second-order valence-corrected chi connectivity index (χ2v) is 4.55. The molecule has 1 aliphatic rings. The third kappa shape index (κ3) is 1.38. The number of aliphatic hydroxyl groups excluding tert-OH is 1. The zero-order valence-corrected chi connectivity index (χ0v) is 9.84. The third-order valence-corrected chi connectivity index (χ3v) is 3.43. The van der Waals surface area contributed by atoms with E-state index in [1.165, 1.54) is 0 Å². The lowest BCUT2D eigenvalue weighted by Crippen LogP contribution is -2.01. The summed E-state index contributed by atoms with van der Waals surface area (Å²) in [7, 11) is 0. The maximum absolute atomic E-state index is 11.1. The van der Waals surface area contributed by atoms with Gasteiger partial charge >= 0.3 is 5.97 Å². The second-order valence-electron chi connectivity index (χ2n) is 4.55. The third-order valence-electron chi connectivity index (χ3n) is 3.43. The Morgan fingerprint density at radius 2 is 1.89 bits per heavy atom. The summed E-state index contributed by atoms with van der Waals surface area (Å²) in [5.41, 5.74) is 4.59. The van der Waals surface area contributed by atoms with Crippen LogP contribution in [0.25, 0.3) is 11.1 Å². The van der Waals surface area contributed by atoms with Gasteiger partial charge in [0, 0.05) is 0 Å². The number of aliphatic hydroxyl groups is 1. The summed E-state index contributed by atoms with van der Waals surface area (Å²) in [6, 6.07) is 10.8. The summed E-state index contributed by atoms with van der Waals surface area (Å²) < 4.78 is 0. The van der Waals surface area contributed by atoms with E-state index in [0.717, 1.165) is 22.3 Å². The topological polar surface area (TPSA) is 57.5 Å². The molecule has 0 radical (unpaired) electrons. The highest BCUT2D eigenvalue weighted by Crippen LogP contribution is 2.45. The van der Waals surface area contributed by atoms with Crippen molar-refractivity contribution in [2.24, 2.45) is 0 Å². The van der Waals surface area contributed by atoms with E-state index in [-0.39, 0.29) is 5.56 Å². The van der Waals surface area contributed by atoms with Gasteiger partial charge in [-0.1, -0.05) is 24.3 Å². The minimum Gasteiger partial charge on any atom is -0.478 e. The van der Waals surface area contributed by atoms with Crippen molar-refractivity contribution < 1.29 is 15.0 Å². The van der Waals surface area contributed by atoms with Crippen molar-refractivity contribution >= 4 is 5.97 Å². The summed E-state index contributed by atoms with van der Waals surface area (Å²) in [6.45, 7) is 1.88. The van der Waals surface area contributed by atoms with Crippen LogP contribution in [0, 0.1) is 6.92 Å². The molecule has 0 bridgehead atoms. The first kappa shape index (κ1) is 11.0. The lowest BCUT2D eigenvalue weighted by Gasteiger charge is -2.08. The summed E-state index contributed by atoms with van der Waals surface area (Å²) in [5, 5.41) is 19.3. The normalized spacial score (nSPS) is 16.2. The van der Waals surface area contributed by atoms with Gasteiger partial charge in [-0.05, 0) is 46.9 Å². The van der Waals surface area contributed by atoms with Crippen molar-refractivity contribution in [1.29, 1.82) is 0 Å². The van der Waals surface area contributed by atoms with Crippen molar-refractivity contribution in [3.05, 3.63) is 58.7 Å². The number of benzene rings is 2. The van der Waals surface area contributed by atoms with Gasteiger partial charge in [-0.2, -0.15) is 0 Å². The summed E-state index contributed by atoms with van der Waals surface area (Å²) in [5.74, 6) is -0.968. The Balaban J connectivity index is 2.31. The maximum atomic E-state index is 11.1. The Labute approximate surface area is 104 Å². The predicted octanol–water partition coefficient (Wildman–Crippen LogP) is 2.76. The van der Waals surface area contributed by atoms with Crippen molar-refractivity contribution in [2.45, 2.75) is 13.0 Å². The molecular formula is C15H12O3. The maximum Gasteiger partial charge on any atom is 0.335 e. The average Bonchev–Trinajstić information content (AvgIpc) is 2.64.